The zero-order valence-corrected chi connectivity index (χ0v) is 27.5. The predicted octanol–water partition coefficient (Wildman–Crippen LogP) is 10.4. The zero-order valence-electron chi connectivity index (χ0n) is 27.5. The maximum absolute atomic E-state index is 5.67. The maximum Gasteiger partial charge on any atom is 0.0946 e. The van der Waals surface area contributed by atoms with E-state index in [9.17, 15) is 0 Å². The van der Waals surface area contributed by atoms with Gasteiger partial charge < -0.3 is 4.74 Å². The monoisotopic (exact) mass is 504 g/mol. The van der Waals surface area contributed by atoms with Crippen LogP contribution in [-0.4, -0.2) is 30.2 Å². The molecule has 2 nitrogen and oxygen atoms in total. The molecule has 3 aliphatic heterocycles. The number of piperidine rings is 1. The number of rotatable bonds is 0. The van der Waals surface area contributed by atoms with Crippen LogP contribution in [0, 0.1) is 21.7 Å². The molecule has 1 spiro atoms. The lowest BCUT2D eigenvalue weighted by Crippen LogP contribution is -2.44. The molecule has 36 heavy (non-hydrogen) atoms. The van der Waals surface area contributed by atoms with Crippen molar-refractivity contribution in [2.24, 2.45) is 21.7 Å². The van der Waals surface area contributed by atoms with E-state index in [4.69, 9.17) is 4.74 Å². The summed E-state index contributed by atoms with van der Waals surface area (Å²) in [5, 5.41) is 0. The SMILES string of the molecule is CC(C)(C)C.CC(C)(C)C.CC(C)(C)C.CC(C)(C)C.c1ccc2c(c1)CCN1CC[C@@]3(CO3)CC21. The van der Waals surface area contributed by atoms with Crippen molar-refractivity contribution in [2.45, 2.75) is 142 Å². The topological polar surface area (TPSA) is 15.8 Å². The molecule has 0 saturated carbocycles. The molecule has 3 heterocycles. The molecule has 2 heteroatoms. The van der Waals surface area contributed by atoms with Crippen LogP contribution in [0.4, 0.5) is 0 Å². The van der Waals surface area contributed by atoms with E-state index in [0.29, 0.717) is 27.7 Å². The van der Waals surface area contributed by atoms with Crippen LogP contribution in [0.25, 0.3) is 0 Å². The Bertz CT molecular complexity index is 660. The zero-order chi connectivity index (χ0) is 28.6. The minimum absolute atomic E-state index is 0.269. The average Bonchev–Trinajstić information content (AvgIpc) is 3.35. The van der Waals surface area contributed by atoms with E-state index in [1.165, 1.54) is 32.4 Å². The van der Waals surface area contributed by atoms with E-state index in [0.717, 1.165) is 6.61 Å². The van der Waals surface area contributed by atoms with Crippen LogP contribution in [-0.2, 0) is 11.2 Å². The third-order valence-electron chi connectivity index (χ3n) is 4.50. The van der Waals surface area contributed by atoms with E-state index >= 15 is 0 Å². The average molecular weight is 504 g/mol. The van der Waals surface area contributed by atoms with E-state index < -0.39 is 0 Å². The van der Waals surface area contributed by atoms with Gasteiger partial charge in [-0.15, -0.1) is 0 Å². The Balaban J connectivity index is 0.000000513. The van der Waals surface area contributed by atoms with Crippen LogP contribution in [0.15, 0.2) is 24.3 Å². The predicted molar refractivity (Wildman–Crippen MR) is 163 cm³/mol. The fraction of sp³-hybridized carbons (Fsp3) is 0.824. The lowest BCUT2D eigenvalue weighted by Gasteiger charge is -2.42. The van der Waals surface area contributed by atoms with Gasteiger partial charge in [-0.1, -0.05) is 135 Å². The first-order valence-corrected chi connectivity index (χ1v) is 14.3. The van der Waals surface area contributed by atoms with E-state index in [1.54, 1.807) is 11.1 Å². The molecular formula is C34H65NO. The van der Waals surface area contributed by atoms with Gasteiger partial charge in [-0.05, 0) is 52.0 Å². The van der Waals surface area contributed by atoms with Crippen molar-refractivity contribution in [3.8, 4) is 0 Å². The Morgan fingerprint density at radius 1 is 0.667 bits per heavy atom. The number of fused-ring (bicyclic) bond motifs is 3. The first-order chi connectivity index (χ1) is 15.9. The molecule has 1 aromatic rings. The van der Waals surface area contributed by atoms with Crippen molar-refractivity contribution in [1.29, 1.82) is 0 Å². The molecule has 2 atom stereocenters. The molecule has 0 aromatic heterocycles. The minimum atomic E-state index is 0.269. The van der Waals surface area contributed by atoms with Crippen LogP contribution in [0.1, 0.15) is 141 Å². The molecule has 0 radical (unpaired) electrons. The van der Waals surface area contributed by atoms with Crippen LogP contribution < -0.4 is 0 Å². The van der Waals surface area contributed by atoms with Gasteiger partial charge >= 0.3 is 0 Å². The molecule has 0 amide bonds. The highest BCUT2D eigenvalue weighted by Gasteiger charge is 2.51. The van der Waals surface area contributed by atoms with Crippen molar-refractivity contribution in [3.05, 3.63) is 35.4 Å². The molecular weight excluding hydrogens is 438 g/mol. The second-order valence-corrected chi connectivity index (χ2v) is 17.4. The van der Waals surface area contributed by atoms with Crippen LogP contribution in [0.3, 0.4) is 0 Å². The first kappa shape index (κ1) is 35.1. The van der Waals surface area contributed by atoms with Crippen LogP contribution in [0.5, 0.6) is 0 Å². The number of epoxide rings is 1. The molecule has 3 aliphatic rings. The Morgan fingerprint density at radius 2 is 1.06 bits per heavy atom. The van der Waals surface area contributed by atoms with Gasteiger partial charge in [-0.25, -0.2) is 0 Å². The number of nitrogens with zero attached hydrogens (tertiary/aromatic N) is 1. The summed E-state index contributed by atoms with van der Waals surface area (Å²) < 4.78 is 5.67. The van der Waals surface area contributed by atoms with Gasteiger partial charge in [0.2, 0.25) is 0 Å². The summed E-state index contributed by atoms with van der Waals surface area (Å²) in [4.78, 5) is 2.65. The molecule has 2 fully saturated rings. The smallest absolute Gasteiger partial charge is 0.0946 e. The van der Waals surface area contributed by atoms with Gasteiger partial charge in [0.15, 0.2) is 0 Å². The molecule has 212 valence electrons. The fourth-order valence-electron chi connectivity index (χ4n) is 3.38. The van der Waals surface area contributed by atoms with E-state index in [1.807, 2.05) is 0 Å². The Hall–Kier alpha value is -0.860. The van der Waals surface area contributed by atoms with Crippen molar-refractivity contribution in [3.63, 3.8) is 0 Å². The van der Waals surface area contributed by atoms with Crippen LogP contribution >= 0.6 is 0 Å². The number of benzene rings is 1. The van der Waals surface area contributed by atoms with E-state index in [2.05, 4.69) is 140 Å². The van der Waals surface area contributed by atoms with Crippen LogP contribution in [0.2, 0.25) is 0 Å². The van der Waals surface area contributed by atoms with Crippen molar-refractivity contribution >= 4 is 0 Å². The van der Waals surface area contributed by atoms with Gasteiger partial charge in [0.05, 0.1) is 12.2 Å². The second kappa shape index (κ2) is 13.8. The van der Waals surface area contributed by atoms with Gasteiger partial charge in [-0.2, -0.15) is 0 Å². The molecule has 0 bridgehead atoms. The number of hydrogen-bond donors (Lipinski definition) is 0. The third kappa shape index (κ3) is 22.3. The molecule has 0 N–H and O–H groups in total. The highest BCUT2D eigenvalue weighted by Crippen LogP contribution is 2.47. The highest BCUT2D eigenvalue weighted by atomic mass is 16.6. The summed E-state index contributed by atoms with van der Waals surface area (Å²) in [6, 6.07) is 9.58. The molecule has 2 saturated heterocycles. The van der Waals surface area contributed by atoms with Gasteiger partial charge in [0.25, 0.3) is 0 Å². The van der Waals surface area contributed by atoms with Gasteiger partial charge in [0, 0.05) is 19.1 Å². The summed E-state index contributed by atoms with van der Waals surface area (Å²) in [5.41, 5.74) is 5.38. The molecule has 1 aromatic carbocycles. The molecule has 4 rings (SSSR count). The fourth-order valence-corrected chi connectivity index (χ4v) is 3.38. The maximum atomic E-state index is 5.67. The quantitative estimate of drug-likeness (QED) is 0.327. The number of ether oxygens (including phenoxy) is 1. The van der Waals surface area contributed by atoms with Gasteiger partial charge in [-0.3, -0.25) is 4.90 Å². The highest BCUT2D eigenvalue weighted by molar-refractivity contribution is 5.33. The summed E-state index contributed by atoms with van der Waals surface area (Å²) >= 11 is 0. The Labute approximate surface area is 228 Å². The van der Waals surface area contributed by atoms with Crippen molar-refractivity contribution in [1.82, 2.24) is 4.90 Å². The molecule has 0 aliphatic carbocycles. The number of hydrogen-bond acceptors (Lipinski definition) is 2. The Kier molecular flexibility index (Phi) is 13.5. The first-order valence-electron chi connectivity index (χ1n) is 14.3. The third-order valence-corrected chi connectivity index (χ3v) is 4.50. The van der Waals surface area contributed by atoms with Crippen molar-refractivity contribution < 1.29 is 4.74 Å². The normalized spacial score (nSPS) is 23.1. The summed E-state index contributed by atoms with van der Waals surface area (Å²) in [7, 11) is 0. The standard InChI is InChI=1S/C14H17NO.4C5H12/c1-2-4-12-11(3-1)5-7-15-8-6-14(10-16-14)9-13(12)15;4*1-5(2,3)4/h1-4,13H,5-10H2;4*1-4H3/t13?,14-;;;;/m0..../s1. The van der Waals surface area contributed by atoms with Gasteiger partial charge in [0.1, 0.15) is 0 Å². The Morgan fingerprint density at radius 3 is 1.44 bits per heavy atom. The second-order valence-electron chi connectivity index (χ2n) is 17.4. The molecule has 1 unspecified atom stereocenters. The summed E-state index contributed by atoms with van der Waals surface area (Å²) in [6.45, 7) is 38.5. The lowest BCUT2D eigenvalue weighted by molar-refractivity contribution is 0.0803. The summed E-state index contributed by atoms with van der Waals surface area (Å²) in [5.74, 6) is 0. The largest absolute Gasteiger partial charge is 0.369 e. The lowest BCUT2D eigenvalue weighted by atomic mass is 9.82. The van der Waals surface area contributed by atoms with E-state index in [-0.39, 0.29) is 5.60 Å². The van der Waals surface area contributed by atoms with Crippen molar-refractivity contribution in [2.75, 3.05) is 19.7 Å². The summed E-state index contributed by atoms with van der Waals surface area (Å²) in [6.07, 6.45) is 3.68. The minimum Gasteiger partial charge on any atom is -0.369 e.